The van der Waals surface area contributed by atoms with Gasteiger partial charge in [0.2, 0.25) is 0 Å². The fraction of sp³-hybridized carbons (Fsp3) is 0.333. The molecule has 0 spiro atoms. The van der Waals surface area contributed by atoms with Gasteiger partial charge in [0.1, 0.15) is 18.2 Å². The molecule has 0 saturated heterocycles. The van der Waals surface area contributed by atoms with Crippen LogP contribution in [-0.2, 0) is 22.7 Å². The zero-order chi connectivity index (χ0) is 26.4. The number of benzene rings is 3. The lowest BCUT2D eigenvalue weighted by Crippen LogP contribution is -2.24. The molecule has 3 aromatic carbocycles. The van der Waals surface area contributed by atoms with Crippen molar-refractivity contribution in [3.63, 3.8) is 0 Å². The number of carbonyl (C=O) groups excluding carboxylic acids is 2. The summed E-state index contributed by atoms with van der Waals surface area (Å²) in [5, 5.41) is 2.90. The van der Waals surface area contributed by atoms with Gasteiger partial charge in [0.25, 0.3) is 5.91 Å². The van der Waals surface area contributed by atoms with Crippen LogP contribution in [0.25, 0.3) is 11.1 Å². The highest BCUT2D eigenvalue weighted by molar-refractivity contribution is 5.98. The number of ether oxygens (including phenoxy) is 2. The first-order valence-corrected chi connectivity index (χ1v) is 12.5. The molecule has 0 bridgehead atoms. The van der Waals surface area contributed by atoms with Gasteiger partial charge in [-0.25, -0.2) is 4.39 Å². The number of carbonyl (C=O) groups is 2. The fourth-order valence-corrected chi connectivity index (χ4v) is 3.91. The molecule has 1 fully saturated rings. The summed E-state index contributed by atoms with van der Waals surface area (Å²) in [5.41, 5.74) is 4.16. The molecule has 1 aliphatic rings. The maximum atomic E-state index is 14.0. The number of hydrogen-bond acceptors (Lipinski definition) is 5. The molecule has 194 valence electrons. The monoisotopic (exact) mass is 504 g/mol. The van der Waals surface area contributed by atoms with Crippen LogP contribution in [0, 0.1) is 18.7 Å². The molecule has 0 radical (unpaired) electrons. The first-order valence-electron chi connectivity index (χ1n) is 12.5. The van der Waals surface area contributed by atoms with Gasteiger partial charge in [0.15, 0.2) is 0 Å². The Morgan fingerprint density at radius 1 is 1.05 bits per heavy atom. The normalized spacial score (nSPS) is 12.9. The molecule has 0 unspecified atom stereocenters. The van der Waals surface area contributed by atoms with Crippen LogP contribution in [0.1, 0.15) is 39.9 Å². The van der Waals surface area contributed by atoms with Crippen molar-refractivity contribution in [2.45, 2.75) is 32.9 Å². The zero-order valence-electron chi connectivity index (χ0n) is 21.6. The third kappa shape index (κ3) is 7.40. The zero-order valence-corrected chi connectivity index (χ0v) is 21.6. The number of halogens is 1. The van der Waals surface area contributed by atoms with E-state index >= 15 is 0 Å². The van der Waals surface area contributed by atoms with Crippen molar-refractivity contribution in [3.8, 4) is 16.9 Å². The van der Waals surface area contributed by atoms with Crippen LogP contribution >= 0.6 is 0 Å². The molecular weight excluding hydrogens is 471 g/mol. The molecule has 4 rings (SSSR count). The van der Waals surface area contributed by atoms with Crippen molar-refractivity contribution in [1.82, 2.24) is 10.2 Å². The first kappa shape index (κ1) is 26.4. The highest BCUT2D eigenvalue weighted by Gasteiger charge is 2.23. The molecule has 0 heterocycles. The summed E-state index contributed by atoms with van der Waals surface area (Å²) < 4.78 is 25.4. The van der Waals surface area contributed by atoms with E-state index in [4.69, 9.17) is 9.47 Å². The van der Waals surface area contributed by atoms with E-state index in [0.29, 0.717) is 35.0 Å². The number of hydrogen-bond donors (Lipinski definition) is 1. The lowest BCUT2D eigenvalue weighted by molar-refractivity contribution is -0.145. The van der Waals surface area contributed by atoms with E-state index < -0.39 is 0 Å². The highest BCUT2D eigenvalue weighted by atomic mass is 19.1. The lowest BCUT2D eigenvalue weighted by Gasteiger charge is -2.16. The summed E-state index contributed by atoms with van der Waals surface area (Å²) in [6, 6.07) is 18.1. The van der Waals surface area contributed by atoms with Crippen LogP contribution in [0.5, 0.6) is 5.75 Å². The molecule has 3 aromatic rings. The number of likely N-dealkylation sites (N-methyl/N-ethyl adjacent to an activating group) is 1. The summed E-state index contributed by atoms with van der Waals surface area (Å²) in [6.45, 7) is 2.80. The van der Waals surface area contributed by atoms with Crippen molar-refractivity contribution < 1.29 is 23.5 Å². The second-order valence-corrected chi connectivity index (χ2v) is 9.79. The quantitative estimate of drug-likeness (QED) is 0.367. The van der Waals surface area contributed by atoms with Crippen molar-refractivity contribution in [3.05, 3.63) is 88.7 Å². The number of nitrogens with zero attached hydrogens (tertiary/aromatic N) is 1. The molecule has 0 atom stereocenters. The van der Waals surface area contributed by atoms with E-state index in [9.17, 15) is 14.0 Å². The Kier molecular flexibility index (Phi) is 8.56. The largest absolute Gasteiger partial charge is 0.492 e. The SMILES string of the molecule is Cc1ccc(CNC(=O)c2cc(-c3ccccc3COC(=O)CN(C)C)ccc2OCC2CC2)cc1F. The van der Waals surface area contributed by atoms with Crippen molar-refractivity contribution >= 4 is 11.9 Å². The summed E-state index contributed by atoms with van der Waals surface area (Å²) in [5.74, 6) is 0.131. The standard InChI is InChI=1S/C30H33FN2O4/c1-20-8-9-22(14-27(20)31)16-32-30(35)26-15-23(12-13-28(26)36-18-21-10-11-21)25-7-5-4-6-24(25)19-37-29(34)17-33(2)3/h4-9,12-15,21H,10-11,16-19H2,1-3H3,(H,32,35). The number of esters is 1. The molecule has 1 aliphatic carbocycles. The highest BCUT2D eigenvalue weighted by Crippen LogP contribution is 2.33. The number of amides is 1. The van der Waals surface area contributed by atoms with E-state index in [1.165, 1.54) is 6.07 Å². The van der Waals surface area contributed by atoms with Crippen LogP contribution in [-0.4, -0.2) is 44.0 Å². The van der Waals surface area contributed by atoms with Crippen LogP contribution < -0.4 is 10.1 Å². The summed E-state index contributed by atoms with van der Waals surface area (Å²) in [7, 11) is 3.62. The van der Waals surface area contributed by atoms with E-state index in [2.05, 4.69) is 5.32 Å². The van der Waals surface area contributed by atoms with Gasteiger partial charge in [-0.15, -0.1) is 0 Å². The van der Waals surface area contributed by atoms with Crippen LogP contribution in [0.3, 0.4) is 0 Å². The van der Waals surface area contributed by atoms with E-state index in [0.717, 1.165) is 29.5 Å². The minimum absolute atomic E-state index is 0.128. The van der Waals surface area contributed by atoms with Gasteiger partial charge in [-0.05, 0) is 85.8 Å². The summed E-state index contributed by atoms with van der Waals surface area (Å²) >= 11 is 0. The molecule has 1 amide bonds. The number of aryl methyl sites for hydroxylation is 1. The smallest absolute Gasteiger partial charge is 0.320 e. The van der Waals surface area contributed by atoms with Gasteiger partial charge >= 0.3 is 5.97 Å². The van der Waals surface area contributed by atoms with E-state index in [1.807, 2.05) is 50.5 Å². The Morgan fingerprint density at radius 3 is 2.57 bits per heavy atom. The van der Waals surface area contributed by atoms with Gasteiger partial charge in [0, 0.05) is 6.54 Å². The average molecular weight is 505 g/mol. The Balaban J connectivity index is 1.56. The van der Waals surface area contributed by atoms with Crippen LogP contribution in [0.15, 0.2) is 60.7 Å². The first-order chi connectivity index (χ1) is 17.8. The molecule has 1 N–H and O–H groups in total. The Morgan fingerprint density at radius 2 is 1.84 bits per heavy atom. The molecular formula is C30H33FN2O4. The molecule has 6 nitrogen and oxygen atoms in total. The lowest BCUT2D eigenvalue weighted by atomic mass is 9.97. The van der Waals surface area contributed by atoms with Crippen molar-refractivity contribution in [1.29, 1.82) is 0 Å². The Bertz CT molecular complexity index is 1270. The van der Waals surface area contributed by atoms with Crippen LogP contribution in [0.4, 0.5) is 4.39 Å². The van der Waals surface area contributed by atoms with Crippen molar-refractivity contribution in [2.24, 2.45) is 5.92 Å². The second-order valence-electron chi connectivity index (χ2n) is 9.79. The molecule has 0 aromatic heterocycles. The maximum Gasteiger partial charge on any atom is 0.320 e. The predicted molar refractivity (Wildman–Crippen MR) is 141 cm³/mol. The van der Waals surface area contributed by atoms with Gasteiger partial charge in [-0.3, -0.25) is 14.5 Å². The van der Waals surface area contributed by atoms with E-state index in [-0.39, 0.29) is 37.4 Å². The predicted octanol–water partition coefficient (Wildman–Crippen LogP) is 5.12. The minimum atomic E-state index is -0.309. The van der Waals surface area contributed by atoms with Gasteiger partial charge in [-0.2, -0.15) is 0 Å². The Labute approximate surface area is 217 Å². The van der Waals surface area contributed by atoms with Gasteiger partial charge < -0.3 is 14.8 Å². The molecule has 37 heavy (non-hydrogen) atoms. The number of rotatable bonds is 11. The van der Waals surface area contributed by atoms with Crippen molar-refractivity contribution in [2.75, 3.05) is 27.2 Å². The summed E-state index contributed by atoms with van der Waals surface area (Å²) in [4.78, 5) is 27.1. The third-order valence-corrected chi connectivity index (χ3v) is 6.25. The number of nitrogens with one attached hydrogen (secondary N) is 1. The minimum Gasteiger partial charge on any atom is -0.492 e. The molecule has 7 heteroatoms. The van der Waals surface area contributed by atoms with E-state index in [1.54, 1.807) is 30.0 Å². The fourth-order valence-electron chi connectivity index (χ4n) is 3.91. The molecule has 1 saturated carbocycles. The topological polar surface area (TPSA) is 67.9 Å². The Hall–Kier alpha value is -3.71. The second kappa shape index (κ2) is 12.0. The summed E-state index contributed by atoms with van der Waals surface area (Å²) in [6.07, 6.45) is 2.27. The van der Waals surface area contributed by atoms with Crippen LogP contribution in [0.2, 0.25) is 0 Å². The maximum absolute atomic E-state index is 14.0. The van der Waals surface area contributed by atoms with Gasteiger partial charge in [0.05, 0.1) is 18.7 Å². The third-order valence-electron chi connectivity index (χ3n) is 6.25. The molecule has 0 aliphatic heterocycles. The van der Waals surface area contributed by atoms with Gasteiger partial charge in [-0.1, -0.05) is 42.5 Å². The average Bonchev–Trinajstić information content (AvgIpc) is 3.71.